The first-order chi connectivity index (χ1) is 8.16. The first kappa shape index (κ1) is 12.3. The molecule has 0 fully saturated rings. The molecule has 5 heteroatoms. The molecule has 0 saturated carbocycles. The number of nitrogens with two attached hydrogens (primary N) is 1. The largest absolute Gasteiger partial charge is 0.398 e. The number of nitrogen functional groups attached to an aromatic ring is 1. The van der Waals surface area contributed by atoms with Gasteiger partial charge >= 0.3 is 0 Å². The van der Waals surface area contributed by atoms with E-state index in [0.717, 1.165) is 10.0 Å². The summed E-state index contributed by atoms with van der Waals surface area (Å²) in [6.45, 7) is 0. The van der Waals surface area contributed by atoms with Gasteiger partial charge in [-0.25, -0.2) is 0 Å². The number of nitrogens with zero attached hydrogens (tertiary/aromatic N) is 1. The van der Waals surface area contributed by atoms with Crippen LogP contribution in [0.1, 0.15) is 5.56 Å². The van der Waals surface area contributed by atoms with Crippen molar-refractivity contribution in [2.75, 3.05) is 5.73 Å². The zero-order valence-corrected chi connectivity index (χ0v) is 11.4. The minimum Gasteiger partial charge on any atom is -0.398 e. The van der Waals surface area contributed by atoms with Crippen molar-refractivity contribution in [2.45, 2.75) is 10.6 Å². The van der Waals surface area contributed by atoms with E-state index in [1.807, 2.05) is 18.2 Å². The lowest BCUT2D eigenvalue weighted by atomic mass is 10.3. The highest BCUT2D eigenvalue weighted by Gasteiger charge is 2.08. The van der Waals surface area contributed by atoms with Crippen molar-refractivity contribution in [3.8, 4) is 0 Å². The Morgan fingerprint density at radius 2 is 2.06 bits per heavy atom. The van der Waals surface area contributed by atoms with Crippen molar-refractivity contribution in [2.24, 2.45) is 0 Å². The highest BCUT2D eigenvalue weighted by Crippen LogP contribution is 2.19. The Labute approximate surface area is 111 Å². The van der Waals surface area contributed by atoms with Crippen LogP contribution in [0.25, 0.3) is 0 Å². The van der Waals surface area contributed by atoms with Crippen LogP contribution in [0.2, 0.25) is 0 Å². The molecule has 1 aromatic heterocycles. The zero-order chi connectivity index (χ0) is 12.3. The number of aromatic nitrogens is 1. The van der Waals surface area contributed by atoms with Crippen molar-refractivity contribution in [1.82, 2.24) is 4.98 Å². The van der Waals surface area contributed by atoms with Gasteiger partial charge in [0.05, 0.1) is 21.4 Å². The van der Waals surface area contributed by atoms with Gasteiger partial charge < -0.3 is 5.73 Å². The van der Waals surface area contributed by atoms with Gasteiger partial charge in [0.25, 0.3) is 0 Å². The predicted molar refractivity (Wildman–Crippen MR) is 72.9 cm³/mol. The second-order valence-electron chi connectivity index (χ2n) is 3.54. The van der Waals surface area contributed by atoms with Gasteiger partial charge in [0.2, 0.25) is 0 Å². The fraction of sp³-hybridized carbons (Fsp3) is 0.0833. The monoisotopic (exact) mass is 310 g/mol. The van der Waals surface area contributed by atoms with Gasteiger partial charge in [0.1, 0.15) is 0 Å². The molecule has 88 valence electrons. The summed E-state index contributed by atoms with van der Waals surface area (Å²) in [6.07, 6.45) is 3.41. The third-order valence-electron chi connectivity index (χ3n) is 2.22. The molecule has 1 aromatic carbocycles. The molecule has 0 spiro atoms. The molecule has 0 aliphatic rings. The van der Waals surface area contributed by atoms with Gasteiger partial charge in [0.15, 0.2) is 0 Å². The van der Waals surface area contributed by atoms with E-state index < -0.39 is 10.8 Å². The lowest BCUT2D eigenvalue weighted by Crippen LogP contribution is -2.00. The summed E-state index contributed by atoms with van der Waals surface area (Å²) in [4.78, 5) is 4.71. The number of benzene rings is 1. The fourth-order valence-corrected chi connectivity index (χ4v) is 3.04. The molecule has 0 radical (unpaired) electrons. The van der Waals surface area contributed by atoms with Crippen LogP contribution in [0, 0.1) is 0 Å². The van der Waals surface area contributed by atoms with Gasteiger partial charge in [-0.3, -0.25) is 9.19 Å². The second-order valence-corrected chi connectivity index (χ2v) is 5.87. The summed E-state index contributed by atoms with van der Waals surface area (Å²) in [5.74, 6) is 0.417. The van der Waals surface area contributed by atoms with Gasteiger partial charge in [0, 0.05) is 22.6 Å². The van der Waals surface area contributed by atoms with E-state index in [9.17, 15) is 4.21 Å². The molecular weight excluding hydrogens is 300 g/mol. The minimum absolute atomic E-state index is 0.417. The quantitative estimate of drug-likeness (QED) is 0.887. The maximum absolute atomic E-state index is 12.1. The van der Waals surface area contributed by atoms with Crippen molar-refractivity contribution in [1.29, 1.82) is 0 Å². The molecule has 17 heavy (non-hydrogen) atoms. The molecule has 0 aliphatic heterocycles. The zero-order valence-electron chi connectivity index (χ0n) is 8.97. The molecule has 1 atom stereocenters. The highest BCUT2D eigenvalue weighted by molar-refractivity contribution is 9.10. The number of anilines is 1. The Balaban J connectivity index is 2.20. The number of hydrogen-bond acceptors (Lipinski definition) is 3. The Kier molecular flexibility index (Phi) is 3.91. The third-order valence-corrected chi connectivity index (χ3v) is 4.12. The first-order valence-electron chi connectivity index (χ1n) is 4.99. The predicted octanol–water partition coefficient (Wildman–Crippen LogP) is 2.73. The van der Waals surface area contributed by atoms with E-state index in [0.29, 0.717) is 16.3 Å². The van der Waals surface area contributed by atoms with Crippen molar-refractivity contribution in [3.63, 3.8) is 0 Å². The second kappa shape index (κ2) is 5.42. The van der Waals surface area contributed by atoms with E-state index >= 15 is 0 Å². The van der Waals surface area contributed by atoms with E-state index in [4.69, 9.17) is 5.73 Å². The maximum Gasteiger partial charge on any atom is 0.0620 e. The van der Waals surface area contributed by atoms with Crippen LogP contribution in [-0.4, -0.2) is 9.19 Å². The number of hydrogen-bond donors (Lipinski definition) is 1. The number of halogens is 1. The molecule has 2 rings (SSSR count). The Bertz CT molecular complexity index is 560. The summed E-state index contributed by atoms with van der Waals surface area (Å²) in [5, 5.41) is 0. The van der Waals surface area contributed by atoms with Crippen molar-refractivity contribution in [3.05, 3.63) is 52.8 Å². The molecule has 2 aromatic rings. The van der Waals surface area contributed by atoms with Gasteiger partial charge in [-0.2, -0.15) is 0 Å². The number of rotatable bonds is 3. The number of pyridine rings is 1. The van der Waals surface area contributed by atoms with Crippen LogP contribution < -0.4 is 5.73 Å². The standard InChI is InChI=1S/C12H11BrN2OS/c13-10-5-9(6-15-7-10)8-17(16)12-4-2-1-3-11(12)14/h1-7H,8,14H2. The van der Waals surface area contributed by atoms with Crippen LogP contribution in [0.5, 0.6) is 0 Å². The van der Waals surface area contributed by atoms with Crippen LogP contribution in [0.3, 0.4) is 0 Å². The maximum atomic E-state index is 12.1. The van der Waals surface area contributed by atoms with Gasteiger partial charge in [-0.1, -0.05) is 12.1 Å². The lowest BCUT2D eigenvalue weighted by Gasteiger charge is -2.05. The Hall–Kier alpha value is -1.20. The third kappa shape index (κ3) is 3.14. The molecular formula is C12H11BrN2OS. The highest BCUT2D eigenvalue weighted by atomic mass is 79.9. The van der Waals surface area contributed by atoms with Gasteiger partial charge in [-0.05, 0) is 39.7 Å². The van der Waals surface area contributed by atoms with E-state index in [1.54, 1.807) is 24.5 Å². The van der Waals surface area contributed by atoms with E-state index in [-0.39, 0.29) is 0 Å². The molecule has 1 heterocycles. The van der Waals surface area contributed by atoms with Crippen LogP contribution in [-0.2, 0) is 16.6 Å². The van der Waals surface area contributed by atoms with Crippen LogP contribution >= 0.6 is 15.9 Å². The first-order valence-corrected chi connectivity index (χ1v) is 7.10. The van der Waals surface area contributed by atoms with Crippen LogP contribution in [0.15, 0.2) is 52.1 Å². The Morgan fingerprint density at radius 3 is 2.76 bits per heavy atom. The fourth-order valence-electron chi connectivity index (χ4n) is 1.45. The molecule has 0 saturated heterocycles. The molecule has 0 amide bonds. The molecule has 1 unspecified atom stereocenters. The molecule has 2 N–H and O–H groups in total. The minimum atomic E-state index is -1.14. The Morgan fingerprint density at radius 1 is 1.29 bits per heavy atom. The van der Waals surface area contributed by atoms with Crippen LogP contribution in [0.4, 0.5) is 5.69 Å². The van der Waals surface area contributed by atoms with Gasteiger partial charge in [-0.15, -0.1) is 0 Å². The summed E-state index contributed by atoms with van der Waals surface area (Å²) in [6, 6.07) is 9.12. The molecule has 3 nitrogen and oxygen atoms in total. The average molecular weight is 311 g/mol. The average Bonchev–Trinajstić information content (AvgIpc) is 2.29. The molecule has 0 aliphatic carbocycles. The summed E-state index contributed by atoms with van der Waals surface area (Å²) < 4.78 is 13.0. The van der Waals surface area contributed by atoms with E-state index in [2.05, 4.69) is 20.9 Å². The number of para-hydroxylation sites is 1. The topological polar surface area (TPSA) is 56.0 Å². The SMILES string of the molecule is Nc1ccccc1S(=O)Cc1cncc(Br)c1. The smallest absolute Gasteiger partial charge is 0.0620 e. The van der Waals surface area contributed by atoms with E-state index in [1.165, 1.54) is 0 Å². The summed E-state index contributed by atoms with van der Waals surface area (Å²) >= 11 is 3.34. The van der Waals surface area contributed by atoms with Crippen molar-refractivity contribution < 1.29 is 4.21 Å². The molecule has 0 bridgehead atoms. The normalized spacial score (nSPS) is 12.3. The van der Waals surface area contributed by atoms with Crippen molar-refractivity contribution >= 4 is 32.4 Å². The summed E-state index contributed by atoms with van der Waals surface area (Å²) in [7, 11) is -1.14. The lowest BCUT2D eigenvalue weighted by molar-refractivity contribution is 0.683. The summed E-state index contributed by atoms with van der Waals surface area (Å²) in [5.41, 5.74) is 7.27.